The van der Waals surface area contributed by atoms with E-state index < -0.39 is 0 Å². The molecule has 0 saturated heterocycles. The summed E-state index contributed by atoms with van der Waals surface area (Å²) in [5.41, 5.74) is 1.02. The van der Waals surface area contributed by atoms with Gasteiger partial charge in [-0.15, -0.1) is 0 Å². The molecule has 114 valence electrons. The second kappa shape index (κ2) is 6.35. The Morgan fingerprint density at radius 3 is 2.90 bits per heavy atom. The number of carbonyl (C=O) groups is 1. The Bertz CT molecular complexity index is 506. The first kappa shape index (κ1) is 14.2. The number of rotatable bonds is 3. The Labute approximate surface area is 124 Å². The normalized spacial score (nSPS) is 27.6. The maximum atomic E-state index is 12.2. The van der Waals surface area contributed by atoms with Crippen LogP contribution in [0.5, 0.6) is 5.75 Å². The minimum atomic E-state index is -0.175. The van der Waals surface area contributed by atoms with Crippen molar-refractivity contribution in [1.82, 2.24) is 10.6 Å². The molecule has 2 amide bonds. The molecule has 1 aliphatic heterocycles. The Morgan fingerprint density at radius 2 is 2.05 bits per heavy atom. The minimum Gasteiger partial charge on any atom is -0.491 e. The number of ether oxygens (including phenoxy) is 1. The van der Waals surface area contributed by atoms with Crippen molar-refractivity contribution < 1.29 is 14.6 Å². The molecule has 0 bridgehead atoms. The summed E-state index contributed by atoms with van der Waals surface area (Å²) in [6.45, 7) is 0.612. The van der Waals surface area contributed by atoms with Crippen molar-refractivity contribution in [3.05, 3.63) is 29.8 Å². The number of aliphatic hydroxyl groups is 1. The van der Waals surface area contributed by atoms with Crippen molar-refractivity contribution in [2.75, 3.05) is 13.2 Å². The number of benzene rings is 1. The summed E-state index contributed by atoms with van der Waals surface area (Å²) in [6, 6.07) is 7.56. The van der Waals surface area contributed by atoms with Gasteiger partial charge in [0.1, 0.15) is 12.4 Å². The van der Waals surface area contributed by atoms with E-state index in [0.29, 0.717) is 6.61 Å². The molecule has 3 rings (SSSR count). The smallest absolute Gasteiger partial charge is 0.315 e. The Kier molecular flexibility index (Phi) is 4.29. The van der Waals surface area contributed by atoms with Crippen LogP contribution in [-0.2, 0) is 0 Å². The molecule has 1 aromatic carbocycles. The highest BCUT2D eigenvalue weighted by atomic mass is 16.5. The van der Waals surface area contributed by atoms with E-state index in [2.05, 4.69) is 10.6 Å². The van der Waals surface area contributed by atoms with Crippen molar-refractivity contribution in [2.24, 2.45) is 5.92 Å². The molecule has 1 aromatic rings. The average molecular weight is 290 g/mol. The van der Waals surface area contributed by atoms with Gasteiger partial charge in [-0.1, -0.05) is 31.0 Å². The molecular formula is C16H22N2O3. The van der Waals surface area contributed by atoms with Crippen LogP contribution in [0, 0.1) is 5.92 Å². The van der Waals surface area contributed by atoms with Crippen LogP contribution in [0.2, 0.25) is 0 Å². The van der Waals surface area contributed by atoms with Gasteiger partial charge in [0, 0.05) is 24.1 Å². The van der Waals surface area contributed by atoms with E-state index in [1.165, 1.54) is 0 Å². The molecule has 5 nitrogen and oxygen atoms in total. The molecule has 3 N–H and O–H groups in total. The molecule has 2 aliphatic rings. The molecule has 3 unspecified atom stereocenters. The van der Waals surface area contributed by atoms with E-state index in [1.807, 2.05) is 24.3 Å². The van der Waals surface area contributed by atoms with Gasteiger partial charge in [0.25, 0.3) is 0 Å². The fourth-order valence-electron chi connectivity index (χ4n) is 3.27. The predicted octanol–water partition coefficient (Wildman–Crippen LogP) is 1.97. The molecule has 3 atom stereocenters. The van der Waals surface area contributed by atoms with Gasteiger partial charge in [-0.25, -0.2) is 4.79 Å². The zero-order valence-corrected chi connectivity index (χ0v) is 12.0. The highest BCUT2D eigenvalue weighted by Crippen LogP contribution is 2.31. The van der Waals surface area contributed by atoms with Crippen LogP contribution in [0.3, 0.4) is 0 Å². The summed E-state index contributed by atoms with van der Waals surface area (Å²) in [5, 5.41) is 15.4. The maximum Gasteiger partial charge on any atom is 0.315 e. The Balaban J connectivity index is 1.57. The van der Waals surface area contributed by atoms with Crippen LogP contribution in [0.25, 0.3) is 0 Å². The SMILES string of the molecule is O=C(NC1COc2ccccc21)NC1CCCCC1CO. The van der Waals surface area contributed by atoms with Crippen molar-refractivity contribution in [3.8, 4) is 5.75 Å². The lowest BCUT2D eigenvalue weighted by Crippen LogP contribution is -2.48. The lowest BCUT2D eigenvalue weighted by molar-refractivity contribution is 0.152. The van der Waals surface area contributed by atoms with Crippen LogP contribution < -0.4 is 15.4 Å². The first-order chi connectivity index (χ1) is 10.3. The summed E-state index contributed by atoms with van der Waals surface area (Å²) in [4.78, 5) is 12.2. The zero-order chi connectivity index (χ0) is 14.7. The van der Waals surface area contributed by atoms with Crippen LogP contribution >= 0.6 is 0 Å². The van der Waals surface area contributed by atoms with Gasteiger partial charge >= 0.3 is 6.03 Å². The lowest BCUT2D eigenvalue weighted by atomic mass is 9.85. The van der Waals surface area contributed by atoms with Gasteiger partial charge in [-0.05, 0) is 18.9 Å². The summed E-state index contributed by atoms with van der Waals surface area (Å²) in [5.74, 6) is 1.02. The predicted molar refractivity (Wildman–Crippen MR) is 79.2 cm³/mol. The van der Waals surface area contributed by atoms with Crippen molar-refractivity contribution >= 4 is 6.03 Å². The van der Waals surface area contributed by atoms with Crippen molar-refractivity contribution in [1.29, 1.82) is 0 Å². The maximum absolute atomic E-state index is 12.2. The van der Waals surface area contributed by atoms with Crippen molar-refractivity contribution in [3.63, 3.8) is 0 Å². The van der Waals surface area contributed by atoms with E-state index in [4.69, 9.17) is 4.74 Å². The number of para-hydroxylation sites is 1. The topological polar surface area (TPSA) is 70.6 Å². The van der Waals surface area contributed by atoms with Crippen LogP contribution in [0.15, 0.2) is 24.3 Å². The van der Waals surface area contributed by atoms with Gasteiger partial charge < -0.3 is 20.5 Å². The molecule has 21 heavy (non-hydrogen) atoms. The summed E-state index contributed by atoms with van der Waals surface area (Å²) in [6.07, 6.45) is 4.17. The highest BCUT2D eigenvalue weighted by molar-refractivity contribution is 5.75. The molecular weight excluding hydrogens is 268 g/mol. The number of urea groups is 1. The molecule has 1 heterocycles. The second-order valence-electron chi connectivity index (χ2n) is 5.85. The second-order valence-corrected chi connectivity index (χ2v) is 5.85. The number of carbonyl (C=O) groups excluding carboxylic acids is 1. The van der Waals surface area contributed by atoms with E-state index in [-0.39, 0.29) is 30.6 Å². The number of nitrogens with one attached hydrogen (secondary N) is 2. The third-order valence-corrected chi connectivity index (χ3v) is 4.47. The molecule has 0 radical (unpaired) electrons. The fourth-order valence-corrected chi connectivity index (χ4v) is 3.27. The number of hydrogen-bond acceptors (Lipinski definition) is 3. The standard InChI is InChI=1S/C16H22N2O3/c19-9-11-5-1-3-7-13(11)17-16(20)18-14-10-21-15-8-4-2-6-12(14)15/h2,4,6,8,11,13-14,19H,1,3,5,7,9-10H2,(H2,17,18,20). The molecule has 0 spiro atoms. The van der Waals surface area contributed by atoms with E-state index in [1.54, 1.807) is 0 Å². The lowest BCUT2D eigenvalue weighted by Gasteiger charge is -2.31. The third kappa shape index (κ3) is 3.13. The van der Waals surface area contributed by atoms with E-state index >= 15 is 0 Å². The van der Waals surface area contributed by atoms with Crippen molar-refractivity contribution in [2.45, 2.75) is 37.8 Å². The van der Waals surface area contributed by atoms with Gasteiger partial charge in [0.05, 0.1) is 6.04 Å². The van der Waals surface area contributed by atoms with Crippen LogP contribution in [0.1, 0.15) is 37.3 Å². The molecule has 1 saturated carbocycles. The zero-order valence-electron chi connectivity index (χ0n) is 12.0. The summed E-state index contributed by atoms with van der Waals surface area (Å²) >= 11 is 0. The first-order valence-electron chi connectivity index (χ1n) is 7.67. The Hall–Kier alpha value is -1.75. The summed E-state index contributed by atoms with van der Waals surface area (Å²) < 4.78 is 5.56. The first-order valence-corrected chi connectivity index (χ1v) is 7.67. The number of hydrogen-bond donors (Lipinski definition) is 3. The van der Waals surface area contributed by atoms with E-state index in [0.717, 1.165) is 37.0 Å². The highest BCUT2D eigenvalue weighted by Gasteiger charge is 2.29. The Morgan fingerprint density at radius 1 is 1.24 bits per heavy atom. The average Bonchev–Trinajstić information content (AvgIpc) is 2.91. The molecule has 5 heteroatoms. The van der Waals surface area contributed by atoms with Gasteiger partial charge in [0.2, 0.25) is 0 Å². The molecule has 1 fully saturated rings. The molecule has 0 aromatic heterocycles. The van der Waals surface area contributed by atoms with Gasteiger partial charge in [-0.3, -0.25) is 0 Å². The van der Waals surface area contributed by atoms with E-state index in [9.17, 15) is 9.90 Å². The largest absolute Gasteiger partial charge is 0.491 e. The quantitative estimate of drug-likeness (QED) is 0.797. The van der Waals surface area contributed by atoms with Gasteiger partial charge in [-0.2, -0.15) is 0 Å². The third-order valence-electron chi connectivity index (χ3n) is 4.47. The van der Waals surface area contributed by atoms with Gasteiger partial charge in [0.15, 0.2) is 0 Å². The number of aliphatic hydroxyl groups excluding tert-OH is 1. The minimum absolute atomic E-state index is 0.0707. The number of fused-ring (bicyclic) bond motifs is 1. The fraction of sp³-hybridized carbons (Fsp3) is 0.562. The van der Waals surface area contributed by atoms with Crippen LogP contribution in [-0.4, -0.2) is 30.4 Å². The number of amides is 2. The molecule has 1 aliphatic carbocycles. The summed E-state index contributed by atoms with van der Waals surface area (Å²) in [7, 11) is 0. The van der Waals surface area contributed by atoms with Crippen LogP contribution in [0.4, 0.5) is 4.79 Å². The monoisotopic (exact) mass is 290 g/mol.